The standard InChI is InChI=1S/C10H13N3OS/c11-7(3-4-15)6-1-2-8-9(5-6)13-10(14)12-8/h1-2,5,7,15H,3-4,11H2,(H2,12,13,14). The van der Waals surface area contributed by atoms with E-state index >= 15 is 0 Å². The maximum atomic E-state index is 11.0. The fourth-order valence-corrected chi connectivity index (χ4v) is 1.86. The SMILES string of the molecule is NC(CCS)c1ccc2[nH]c(=O)[nH]c2c1. The van der Waals surface area contributed by atoms with Gasteiger partial charge in [0.1, 0.15) is 0 Å². The van der Waals surface area contributed by atoms with Crippen molar-refractivity contribution in [3.63, 3.8) is 0 Å². The molecule has 1 aromatic carbocycles. The molecule has 1 heterocycles. The van der Waals surface area contributed by atoms with Crippen LogP contribution >= 0.6 is 12.6 Å². The van der Waals surface area contributed by atoms with E-state index < -0.39 is 0 Å². The van der Waals surface area contributed by atoms with E-state index in [9.17, 15) is 4.79 Å². The molecule has 1 unspecified atom stereocenters. The predicted octanol–water partition coefficient (Wildman–Crippen LogP) is 1.18. The molecule has 0 fully saturated rings. The number of nitrogens with one attached hydrogen (secondary N) is 2. The zero-order valence-corrected chi connectivity index (χ0v) is 9.05. The van der Waals surface area contributed by atoms with Crippen molar-refractivity contribution in [2.75, 3.05) is 5.75 Å². The number of rotatable bonds is 3. The monoisotopic (exact) mass is 223 g/mol. The van der Waals surface area contributed by atoms with Crippen LogP contribution in [-0.4, -0.2) is 15.7 Å². The summed E-state index contributed by atoms with van der Waals surface area (Å²) in [6.07, 6.45) is 0.823. The van der Waals surface area contributed by atoms with Crippen molar-refractivity contribution in [1.82, 2.24) is 9.97 Å². The molecule has 0 aliphatic rings. The van der Waals surface area contributed by atoms with Gasteiger partial charge in [-0.2, -0.15) is 12.6 Å². The second-order valence-electron chi connectivity index (χ2n) is 3.50. The van der Waals surface area contributed by atoms with Crippen LogP contribution in [0.15, 0.2) is 23.0 Å². The van der Waals surface area contributed by atoms with Crippen molar-refractivity contribution in [2.45, 2.75) is 12.5 Å². The van der Waals surface area contributed by atoms with Gasteiger partial charge in [-0.3, -0.25) is 0 Å². The molecule has 0 amide bonds. The van der Waals surface area contributed by atoms with Crippen LogP contribution in [0.2, 0.25) is 0 Å². The third kappa shape index (κ3) is 2.08. The minimum Gasteiger partial charge on any atom is -0.324 e. The second kappa shape index (κ2) is 4.12. The minimum atomic E-state index is -0.190. The third-order valence-electron chi connectivity index (χ3n) is 2.41. The predicted molar refractivity (Wildman–Crippen MR) is 64.3 cm³/mol. The van der Waals surface area contributed by atoms with E-state index in [1.54, 1.807) is 0 Å². The van der Waals surface area contributed by atoms with Crippen LogP contribution in [0.3, 0.4) is 0 Å². The van der Waals surface area contributed by atoms with E-state index in [-0.39, 0.29) is 11.7 Å². The number of thiol groups is 1. The Balaban J connectivity index is 2.41. The molecule has 80 valence electrons. The first kappa shape index (κ1) is 10.3. The van der Waals surface area contributed by atoms with Crippen LogP contribution in [0.4, 0.5) is 0 Å². The number of imidazole rings is 1. The van der Waals surface area contributed by atoms with Crippen molar-refractivity contribution in [2.24, 2.45) is 5.73 Å². The van der Waals surface area contributed by atoms with Gasteiger partial charge in [0.25, 0.3) is 0 Å². The van der Waals surface area contributed by atoms with Crippen LogP contribution in [-0.2, 0) is 0 Å². The Labute approximate surface area is 92.3 Å². The molecule has 1 aromatic heterocycles. The summed E-state index contributed by atoms with van der Waals surface area (Å²) in [7, 11) is 0. The number of H-pyrrole nitrogens is 2. The Kier molecular flexibility index (Phi) is 2.83. The molecular formula is C10H13N3OS. The number of benzene rings is 1. The molecule has 4 nitrogen and oxygen atoms in total. The Bertz CT molecular complexity index is 517. The highest BCUT2D eigenvalue weighted by Crippen LogP contribution is 2.18. The molecule has 0 spiro atoms. The summed E-state index contributed by atoms with van der Waals surface area (Å²) in [4.78, 5) is 16.4. The number of nitrogens with two attached hydrogens (primary N) is 1. The average molecular weight is 223 g/mol. The van der Waals surface area contributed by atoms with Gasteiger partial charge in [0, 0.05) is 6.04 Å². The highest BCUT2D eigenvalue weighted by Gasteiger charge is 2.06. The molecule has 0 aliphatic carbocycles. The molecule has 2 aromatic rings. The number of aromatic nitrogens is 2. The van der Waals surface area contributed by atoms with Gasteiger partial charge in [0.15, 0.2) is 0 Å². The molecule has 0 saturated carbocycles. The first-order chi connectivity index (χ1) is 7.20. The van der Waals surface area contributed by atoms with E-state index in [4.69, 9.17) is 5.73 Å². The molecule has 0 saturated heterocycles. The normalized spacial score (nSPS) is 13.2. The largest absolute Gasteiger partial charge is 0.324 e. The van der Waals surface area contributed by atoms with Gasteiger partial charge in [-0.05, 0) is 29.9 Å². The maximum Gasteiger partial charge on any atom is 0.323 e. The molecular weight excluding hydrogens is 210 g/mol. The van der Waals surface area contributed by atoms with Gasteiger partial charge >= 0.3 is 5.69 Å². The molecule has 0 radical (unpaired) electrons. The van der Waals surface area contributed by atoms with Crippen LogP contribution in [0.5, 0.6) is 0 Å². The van der Waals surface area contributed by atoms with E-state index in [0.29, 0.717) is 0 Å². The third-order valence-corrected chi connectivity index (χ3v) is 2.67. The first-order valence-corrected chi connectivity index (χ1v) is 5.42. The summed E-state index contributed by atoms with van der Waals surface area (Å²) in [6.45, 7) is 0. The van der Waals surface area contributed by atoms with Gasteiger partial charge in [0.2, 0.25) is 0 Å². The number of fused-ring (bicyclic) bond motifs is 1. The van der Waals surface area contributed by atoms with Gasteiger partial charge in [-0.15, -0.1) is 0 Å². The fraction of sp³-hybridized carbons (Fsp3) is 0.300. The van der Waals surface area contributed by atoms with Gasteiger partial charge < -0.3 is 15.7 Å². The van der Waals surface area contributed by atoms with Gasteiger partial charge in [-0.25, -0.2) is 4.79 Å². The summed E-state index contributed by atoms with van der Waals surface area (Å²) >= 11 is 4.14. The zero-order chi connectivity index (χ0) is 10.8. The minimum absolute atomic E-state index is 0.0229. The van der Waals surface area contributed by atoms with Crippen molar-refractivity contribution >= 4 is 23.7 Å². The Hall–Kier alpha value is -1.20. The molecule has 4 N–H and O–H groups in total. The quantitative estimate of drug-likeness (QED) is 0.590. The van der Waals surface area contributed by atoms with Crippen molar-refractivity contribution in [3.05, 3.63) is 34.2 Å². The van der Waals surface area contributed by atoms with Crippen molar-refractivity contribution < 1.29 is 0 Å². The van der Waals surface area contributed by atoms with E-state index in [2.05, 4.69) is 22.6 Å². The molecule has 2 rings (SSSR count). The van der Waals surface area contributed by atoms with Crippen LogP contribution in [0, 0.1) is 0 Å². The summed E-state index contributed by atoms with van der Waals surface area (Å²) in [5.41, 5.74) is 8.39. The molecule has 5 heteroatoms. The van der Waals surface area contributed by atoms with Gasteiger partial charge in [-0.1, -0.05) is 6.07 Å². The fourth-order valence-electron chi connectivity index (χ4n) is 1.59. The summed E-state index contributed by atoms with van der Waals surface area (Å²) in [6, 6.07) is 5.67. The van der Waals surface area contributed by atoms with Gasteiger partial charge in [0.05, 0.1) is 11.0 Å². The van der Waals surface area contributed by atoms with Crippen molar-refractivity contribution in [3.8, 4) is 0 Å². The summed E-state index contributed by atoms with van der Waals surface area (Å²) in [5, 5.41) is 0. The Morgan fingerprint density at radius 1 is 1.33 bits per heavy atom. The lowest BCUT2D eigenvalue weighted by atomic mass is 10.1. The second-order valence-corrected chi connectivity index (χ2v) is 3.95. The lowest BCUT2D eigenvalue weighted by molar-refractivity contribution is 0.707. The first-order valence-electron chi connectivity index (χ1n) is 4.79. The summed E-state index contributed by atoms with van der Waals surface area (Å²) in [5.74, 6) is 0.753. The van der Waals surface area contributed by atoms with Crippen LogP contribution in [0.1, 0.15) is 18.0 Å². The smallest absolute Gasteiger partial charge is 0.323 e. The highest BCUT2D eigenvalue weighted by molar-refractivity contribution is 7.80. The zero-order valence-electron chi connectivity index (χ0n) is 8.16. The number of hydrogen-bond acceptors (Lipinski definition) is 3. The molecule has 0 bridgehead atoms. The molecule has 15 heavy (non-hydrogen) atoms. The number of aromatic amines is 2. The van der Waals surface area contributed by atoms with E-state index in [0.717, 1.165) is 28.8 Å². The number of hydrogen-bond donors (Lipinski definition) is 4. The lowest BCUT2D eigenvalue weighted by Crippen LogP contribution is -2.10. The highest BCUT2D eigenvalue weighted by atomic mass is 32.1. The van der Waals surface area contributed by atoms with E-state index in [1.165, 1.54) is 0 Å². The van der Waals surface area contributed by atoms with E-state index in [1.807, 2.05) is 18.2 Å². The van der Waals surface area contributed by atoms with Crippen LogP contribution in [0.25, 0.3) is 11.0 Å². The molecule has 1 atom stereocenters. The topological polar surface area (TPSA) is 74.7 Å². The Morgan fingerprint density at radius 3 is 2.80 bits per heavy atom. The maximum absolute atomic E-state index is 11.0. The van der Waals surface area contributed by atoms with Crippen molar-refractivity contribution in [1.29, 1.82) is 0 Å². The average Bonchev–Trinajstić information content (AvgIpc) is 2.57. The summed E-state index contributed by atoms with van der Waals surface area (Å²) < 4.78 is 0. The molecule has 0 aliphatic heterocycles. The Morgan fingerprint density at radius 2 is 2.07 bits per heavy atom. The van der Waals surface area contributed by atoms with Crippen LogP contribution < -0.4 is 11.4 Å². The lowest BCUT2D eigenvalue weighted by Gasteiger charge is -2.09.